The second kappa shape index (κ2) is 10.3. The van der Waals surface area contributed by atoms with Crippen LogP contribution in [0.2, 0.25) is 0 Å². The van der Waals surface area contributed by atoms with Gasteiger partial charge in [-0.05, 0) is 43.9 Å². The molecule has 7 heteroatoms. The summed E-state index contributed by atoms with van der Waals surface area (Å²) in [5.41, 5.74) is 1.14. The maximum Gasteiger partial charge on any atom is 0.194 e. The molecule has 0 spiro atoms. The molecule has 1 aromatic carbocycles. The largest absolute Gasteiger partial charge is 0.491 e. The quantitative estimate of drug-likeness (QED) is 0.553. The van der Waals surface area contributed by atoms with Gasteiger partial charge in [-0.2, -0.15) is 0 Å². The lowest BCUT2D eigenvalue weighted by Gasteiger charge is -2.39. The SMILES string of the molecule is CCNC(=NCC(O)COc1cccc(C)c1)N1CCC(C)C(n2ccnc2)C1. The number of aliphatic hydroxyl groups excluding tert-OH is 1. The van der Waals surface area contributed by atoms with Crippen LogP contribution in [0.5, 0.6) is 5.75 Å². The van der Waals surface area contributed by atoms with Crippen molar-refractivity contribution in [1.82, 2.24) is 19.8 Å². The molecule has 0 amide bonds. The zero-order valence-electron chi connectivity index (χ0n) is 17.7. The number of benzene rings is 1. The van der Waals surface area contributed by atoms with Crippen LogP contribution in [0.15, 0.2) is 48.0 Å². The molecular formula is C22H33N5O2. The fraction of sp³-hybridized carbons (Fsp3) is 0.545. The third-order valence-corrected chi connectivity index (χ3v) is 5.34. The maximum absolute atomic E-state index is 10.3. The fourth-order valence-corrected chi connectivity index (χ4v) is 3.66. The number of likely N-dealkylation sites (tertiary alicyclic amines) is 1. The van der Waals surface area contributed by atoms with Crippen LogP contribution >= 0.6 is 0 Å². The van der Waals surface area contributed by atoms with Gasteiger partial charge in [-0.3, -0.25) is 4.99 Å². The molecule has 2 heterocycles. The lowest BCUT2D eigenvalue weighted by atomic mass is 9.93. The molecule has 0 bridgehead atoms. The second-order valence-corrected chi connectivity index (χ2v) is 7.77. The number of nitrogens with zero attached hydrogens (tertiary/aromatic N) is 4. The van der Waals surface area contributed by atoms with Crippen molar-refractivity contribution in [2.24, 2.45) is 10.9 Å². The summed E-state index contributed by atoms with van der Waals surface area (Å²) in [5, 5.41) is 13.7. The number of aryl methyl sites for hydroxylation is 1. The Balaban J connectivity index is 1.58. The molecule has 3 atom stereocenters. The van der Waals surface area contributed by atoms with E-state index in [-0.39, 0.29) is 6.61 Å². The van der Waals surface area contributed by atoms with Gasteiger partial charge in [-0.1, -0.05) is 19.1 Å². The van der Waals surface area contributed by atoms with E-state index in [1.807, 2.05) is 49.9 Å². The van der Waals surface area contributed by atoms with Crippen LogP contribution < -0.4 is 10.1 Å². The van der Waals surface area contributed by atoms with Crippen LogP contribution in [0.25, 0.3) is 0 Å². The summed E-state index contributed by atoms with van der Waals surface area (Å²) in [7, 11) is 0. The summed E-state index contributed by atoms with van der Waals surface area (Å²) in [6, 6.07) is 8.20. The zero-order chi connectivity index (χ0) is 20.6. The molecule has 3 unspecified atom stereocenters. The fourth-order valence-electron chi connectivity index (χ4n) is 3.66. The second-order valence-electron chi connectivity index (χ2n) is 7.77. The molecule has 3 rings (SSSR count). The molecule has 158 valence electrons. The number of hydrogen-bond donors (Lipinski definition) is 2. The molecule has 7 nitrogen and oxygen atoms in total. The van der Waals surface area contributed by atoms with E-state index >= 15 is 0 Å². The molecule has 1 aliphatic heterocycles. The van der Waals surface area contributed by atoms with Gasteiger partial charge in [0.1, 0.15) is 18.5 Å². The highest BCUT2D eigenvalue weighted by molar-refractivity contribution is 5.80. The van der Waals surface area contributed by atoms with Crippen LogP contribution in [-0.4, -0.2) is 64.4 Å². The van der Waals surface area contributed by atoms with Gasteiger partial charge in [0.2, 0.25) is 0 Å². The third kappa shape index (κ3) is 5.97. The van der Waals surface area contributed by atoms with Crippen LogP contribution in [0, 0.1) is 12.8 Å². The van der Waals surface area contributed by atoms with E-state index in [1.54, 1.807) is 0 Å². The Morgan fingerprint density at radius 3 is 3.03 bits per heavy atom. The van der Waals surface area contributed by atoms with E-state index in [1.165, 1.54) is 0 Å². The Bertz CT molecular complexity index is 777. The topological polar surface area (TPSA) is 74.9 Å². The highest BCUT2D eigenvalue weighted by atomic mass is 16.5. The summed E-state index contributed by atoms with van der Waals surface area (Å²) < 4.78 is 7.89. The Kier molecular flexibility index (Phi) is 7.52. The maximum atomic E-state index is 10.3. The van der Waals surface area contributed by atoms with Gasteiger partial charge in [-0.15, -0.1) is 0 Å². The van der Waals surface area contributed by atoms with Gasteiger partial charge in [0, 0.05) is 32.0 Å². The Morgan fingerprint density at radius 1 is 1.45 bits per heavy atom. The van der Waals surface area contributed by atoms with Crippen molar-refractivity contribution in [3.63, 3.8) is 0 Å². The van der Waals surface area contributed by atoms with Crippen molar-refractivity contribution < 1.29 is 9.84 Å². The summed E-state index contributed by atoms with van der Waals surface area (Å²) in [6.07, 6.45) is 6.18. The molecule has 1 fully saturated rings. The first kappa shape index (κ1) is 21.2. The van der Waals surface area contributed by atoms with Crippen molar-refractivity contribution in [3.05, 3.63) is 48.5 Å². The van der Waals surface area contributed by atoms with Crippen molar-refractivity contribution in [3.8, 4) is 5.75 Å². The van der Waals surface area contributed by atoms with Gasteiger partial charge in [0.15, 0.2) is 5.96 Å². The average molecular weight is 400 g/mol. The zero-order valence-corrected chi connectivity index (χ0v) is 17.7. The smallest absolute Gasteiger partial charge is 0.194 e. The van der Waals surface area contributed by atoms with Gasteiger partial charge in [-0.25, -0.2) is 4.98 Å². The Morgan fingerprint density at radius 2 is 2.31 bits per heavy atom. The van der Waals surface area contributed by atoms with Crippen LogP contribution in [0.3, 0.4) is 0 Å². The van der Waals surface area contributed by atoms with E-state index in [0.29, 0.717) is 18.5 Å². The highest BCUT2D eigenvalue weighted by Gasteiger charge is 2.29. The number of guanidine groups is 1. The molecular weight excluding hydrogens is 366 g/mol. The molecule has 0 saturated carbocycles. The van der Waals surface area contributed by atoms with E-state index < -0.39 is 6.10 Å². The molecule has 0 radical (unpaired) electrons. The van der Waals surface area contributed by atoms with Gasteiger partial charge >= 0.3 is 0 Å². The summed E-state index contributed by atoms with van der Waals surface area (Å²) in [5.74, 6) is 2.20. The number of aliphatic imine (C=N–C) groups is 1. The van der Waals surface area contributed by atoms with Crippen molar-refractivity contribution in [2.75, 3.05) is 32.8 Å². The minimum absolute atomic E-state index is 0.223. The number of hydrogen-bond acceptors (Lipinski definition) is 4. The summed E-state index contributed by atoms with van der Waals surface area (Å²) >= 11 is 0. The van der Waals surface area contributed by atoms with E-state index in [2.05, 4.69) is 38.6 Å². The lowest BCUT2D eigenvalue weighted by Crippen LogP contribution is -2.49. The number of rotatable bonds is 7. The van der Waals surface area contributed by atoms with E-state index in [4.69, 9.17) is 4.74 Å². The monoisotopic (exact) mass is 399 g/mol. The number of ether oxygens (including phenoxy) is 1. The first-order chi connectivity index (χ1) is 14.1. The average Bonchev–Trinajstić information content (AvgIpc) is 3.25. The van der Waals surface area contributed by atoms with Gasteiger partial charge in [0.25, 0.3) is 0 Å². The van der Waals surface area contributed by atoms with Crippen molar-refractivity contribution in [1.29, 1.82) is 0 Å². The molecule has 0 aliphatic carbocycles. The molecule has 2 N–H and O–H groups in total. The molecule has 1 aromatic heterocycles. The predicted octanol–water partition coefficient (Wildman–Crippen LogP) is 2.48. The Hall–Kier alpha value is -2.54. The lowest BCUT2D eigenvalue weighted by molar-refractivity contribution is 0.114. The van der Waals surface area contributed by atoms with Crippen molar-refractivity contribution in [2.45, 2.75) is 39.3 Å². The molecule has 2 aromatic rings. The third-order valence-electron chi connectivity index (χ3n) is 5.34. The standard InChI is InChI=1S/C22H33N5O2/c1-4-24-22(25-13-19(28)15-29-20-7-5-6-17(2)12-20)26-10-8-18(3)21(14-26)27-11-9-23-16-27/h5-7,9,11-12,16,18-19,21,28H,4,8,10,13-15H2,1-3H3,(H,24,25). The highest BCUT2D eigenvalue weighted by Crippen LogP contribution is 2.27. The van der Waals surface area contributed by atoms with E-state index in [0.717, 1.165) is 43.3 Å². The number of piperidine rings is 1. The van der Waals surface area contributed by atoms with Gasteiger partial charge < -0.3 is 24.6 Å². The number of imidazole rings is 1. The summed E-state index contributed by atoms with van der Waals surface area (Å²) in [4.78, 5) is 11.2. The predicted molar refractivity (Wildman–Crippen MR) is 115 cm³/mol. The van der Waals surface area contributed by atoms with Crippen LogP contribution in [0.1, 0.15) is 31.9 Å². The number of aromatic nitrogens is 2. The Labute approximate surface area is 173 Å². The number of aliphatic hydroxyl groups is 1. The van der Waals surface area contributed by atoms with Crippen molar-refractivity contribution >= 4 is 5.96 Å². The molecule has 29 heavy (non-hydrogen) atoms. The van der Waals surface area contributed by atoms with E-state index in [9.17, 15) is 5.11 Å². The normalized spacial score (nSPS) is 21.1. The minimum atomic E-state index is -0.655. The van der Waals surface area contributed by atoms with Crippen LogP contribution in [-0.2, 0) is 0 Å². The molecule has 1 aliphatic rings. The number of nitrogens with one attached hydrogen (secondary N) is 1. The first-order valence-electron chi connectivity index (χ1n) is 10.4. The summed E-state index contributed by atoms with van der Waals surface area (Å²) in [6.45, 7) is 9.51. The minimum Gasteiger partial charge on any atom is -0.491 e. The van der Waals surface area contributed by atoms with Gasteiger partial charge in [0.05, 0.1) is 18.9 Å². The first-order valence-corrected chi connectivity index (χ1v) is 10.4. The molecule has 1 saturated heterocycles. The van der Waals surface area contributed by atoms with Crippen LogP contribution in [0.4, 0.5) is 0 Å².